The van der Waals surface area contributed by atoms with Gasteiger partial charge in [-0.3, -0.25) is 4.79 Å². The number of methoxy groups -OCH3 is 1. The van der Waals surface area contributed by atoms with E-state index in [1.165, 1.54) is 0 Å². The zero-order chi connectivity index (χ0) is 10.8. The van der Waals surface area contributed by atoms with Crippen LogP contribution in [0, 0.1) is 6.92 Å². The molecule has 0 spiro atoms. The highest BCUT2D eigenvalue weighted by atomic mass is 16.5. The number of para-hydroxylation sites is 1. The molecule has 3 nitrogen and oxygen atoms in total. The summed E-state index contributed by atoms with van der Waals surface area (Å²) in [4.78, 5) is 15.3. The summed E-state index contributed by atoms with van der Waals surface area (Å²) in [6.07, 6.45) is 0.844. The fraction of sp³-hybridized carbons (Fsp3) is 0.167. The monoisotopic (exact) mass is 201 g/mol. The molecule has 3 heteroatoms. The Morgan fingerprint density at radius 3 is 2.87 bits per heavy atom. The van der Waals surface area contributed by atoms with Gasteiger partial charge in [0.05, 0.1) is 7.11 Å². The Morgan fingerprint density at radius 2 is 2.20 bits per heavy atom. The molecule has 15 heavy (non-hydrogen) atoms. The molecule has 0 fully saturated rings. The highest BCUT2D eigenvalue weighted by Gasteiger charge is 2.07. The van der Waals surface area contributed by atoms with Crippen molar-refractivity contribution in [1.29, 1.82) is 0 Å². The van der Waals surface area contributed by atoms with Crippen LogP contribution < -0.4 is 4.74 Å². The predicted octanol–water partition coefficient (Wildman–Crippen LogP) is 2.36. The van der Waals surface area contributed by atoms with Gasteiger partial charge in [0.15, 0.2) is 6.29 Å². The van der Waals surface area contributed by atoms with Crippen molar-refractivity contribution in [3.8, 4) is 5.75 Å². The molecular weight excluding hydrogens is 190 g/mol. The zero-order valence-corrected chi connectivity index (χ0v) is 8.65. The lowest BCUT2D eigenvalue weighted by molar-refractivity contribution is 0.112. The molecule has 0 saturated carbocycles. The van der Waals surface area contributed by atoms with Crippen molar-refractivity contribution in [2.24, 2.45) is 0 Å². The third-order valence-electron chi connectivity index (χ3n) is 2.31. The van der Waals surface area contributed by atoms with Gasteiger partial charge in [-0.1, -0.05) is 12.1 Å². The molecule has 0 aliphatic rings. The first-order valence-corrected chi connectivity index (χ1v) is 4.66. The van der Waals surface area contributed by atoms with Gasteiger partial charge >= 0.3 is 0 Å². The zero-order valence-electron chi connectivity index (χ0n) is 8.65. The minimum Gasteiger partial charge on any atom is -0.494 e. The molecule has 0 aliphatic carbocycles. The lowest BCUT2D eigenvalue weighted by Gasteiger charge is -2.06. The smallest absolute Gasteiger partial charge is 0.150 e. The van der Waals surface area contributed by atoms with E-state index in [4.69, 9.17) is 4.74 Å². The van der Waals surface area contributed by atoms with E-state index in [-0.39, 0.29) is 0 Å². The van der Waals surface area contributed by atoms with Crippen molar-refractivity contribution < 1.29 is 9.53 Å². The van der Waals surface area contributed by atoms with E-state index in [0.29, 0.717) is 11.3 Å². The molecule has 2 aromatic rings. The SMILES string of the molecule is COc1cccc2c(C=O)cc(C)nc12. The van der Waals surface area contributed by atoms with Crippen molar-refractivity contribution in [3.05, 3.63) is 35.5 Å². The molecule has 0 atom stereocenters. The van der Waals surface area contributed by atoms with Gasteiger partial charge in [-0.2, -0.15) is 0 Å². The maximum atomic E-state index is 10.9. The summed E-state index contributed by atoms with van der Waals surface area (Å²) < 4.78 is 5.20. The predicted molar refractivity (Wildman–Crippen MR) is 58.4 cm³/mol. The summed E-state index contributed by atoms with van der Waals surface area (Å²) in [5, 5.41) is 0.829. The van der Waals surface area contributed by atoms with Crippen LogP contribution >= 0.6 is 0 Å². The standard InChI is InChI=1S/C12H11NO2/c1-8-6-9(7-14)10-4-3-5-11(15-2)12(10)13-8/h3-7H,1-2H3. The number of aryl methyl sites for hydroxylation is 1. The number of aldehydes is 1. The first-order chi connectivity index (χ1) is 7.26. The fourth-order valence-corrected chi connectivity index (χ4v) is 1.64. The van der Waals surface area contributed by atoms with Gasteiger partial charge < -0.3 is 4.74 Å². The summed E-state index contributed by atoms with van der Waals surface area (Å²) in [5.41, 5.74) is 2.20. The quantitative estimate of drug-likeness (QED) is 0.700. The average molecular weight is 201 g/mol. The molecule has 0 bridgehead atoms. The van der Waals surface area contributed by atoms with E-state index >= 15 is 0 Å². The van der Waals surface area contributed by atoms with E-state index < -0.39 is 0 Å². The van der Waals surface area contributed by atoms with Gasteiger partial charge in [0, 0.05) is 16.6 Å². The number of ether oxygens (including phenoxy) is 1. The second kappa shape index (κ2) is 3.69. The maximum Gasteiger partial charge on any atom is 0.150 e. The van der Waals surface area contributed by atoms with Crippen molar-refractivity contribution in [1.82, 2.24) is 4.98 Å². The number of aromatic nitrogens is 1. The summed E-state index contributed by atoms with van der Waals surface area (Å²) in [5.74, 6) is 0.694. The molecule has 1 heterocycles. The number of pyridine rings is 1. The van der Waals surface area contributed by atoms with Gasteiger partial charge in [0.1, 0.15) is 11.3 Å². The van der Waals surface area contributed by atoms with Crippen molar-refractivity contribution in [2.75, 3.05) is 7.11 Å². The largest absolute Gasteiger partial charge is 0.494 e. The van der Waals surface area contributed by atoms with E-state index in [9.17, 15) is 4.79 Å². The van der Waals surface area contributed by atoms with Crippen LogP contribution in [0.15, 0.2) is 24.3 Å². The van der Waals surface area contributed by atoms with Gasteiger partial charge in [-0.05, 0) is 19.1 Å². The number of carbonyl (C=O) groups excluding carboxylic acids is 1. The molecule has 0 radical (unpaired) electrons. The summed E-state index contributed by atoms with van der Waals surface area (Å²) in [6, 6.07) is 7.33. The fourth-order valence-electron chi connectivity index (χ4n) is 1.64. The van der Waals surface area contributed by atoms with E-state index in [1.807, 2.05) is 25.1 Å². The van der Waals surface area contributed by atoms with Crippen LogP contribution in [0.2, 0.25) is 0 Å². The highest BCUT2D eigenvalue weighted by molar-refractivity contribution is 5.98. The Balaban J connectivity index is 2.88. The van der Waals surface area contributed by atoms with Crippen LogP contribution in [0.5, 0.6) is 5.75 Å². The molecule has 0 amide bonds. The van der Waals surface area contributed by atoms with Crippen molar-refractivity contribution in [2.45, 2.75) is 6.92 Å². The normalized spacial score (nSPS) is 10.3. The van der Waals surface area contributed by atoms with Crippen LogP contribution in [-0.4, -0.2) is 18.4 Å². The van der Waals surface area contributed by atoms with Gasteiger partial charge in [0.2, 0.25) is 0 Å². The highest BCUT2D eigenvalue weighted by Crippen LogP contribution is 2.25. The summed E-state index contributed by atoms with van der Waals surface area (Å²) in [7, 11) is 1.60. The van der Waals surface area contributed by atoms with Crippen molar-refractivity contribution >= 4 is 17.2 Å². The number of nitrogens with zero attached hydrogens (tertiary/aromatic N) is 1. The minimum absolute atomic E-state index is 0.649. The van der Waals surface area contributed by atoms with E-state index in [0.717, 1.165) is 22.9 Å². The Kier molecular flexibility index (Phi) is 2.37. The molecule has 1 aromatic carbocycles. The number of hydrogen-bond acceptors (Lipinski definition) is 3. The summed E-state index contributed by atoms with van der Waals surface area (Å²) >= 11 is 0. The third kappa shape index (κ3) is 1.56. The van der Waals surface area contributed by atoms with Crippen LogP contribution in [-0.2, 0) is 0 Å². The minimum atomic E-state index is 0.649. The van der Waals surface area contributed by atoms with Crippen LogP contribution in [0.3, 0.4) is 0 Å². The Bertz CT molecular complexity index is 520. The third-order valence-corrected chi connectivity index (χ3v) is 2.31. The van der Waals surface area contributed by atoms with Gasteiger partial charge in [0.25, 0.3) is 0 Å². The topological polar surface area (TPSA) is 39.2 Å². The molecule has 76 valence electrons. The number of rotatable bonds is 2. The Labute approximate surface area is 87.7 Å². The first kappa shape index (κ1) is 9.65. The molecule has 0 aliphatic heterocycles. The van der Waals surface area contributed by atoms with Crippen molar-refractivity contribution in [3.63, 3.8) is 0 Å². The number of fused-ring (bicyclic) bond motifs is 1. The van der Waals surface area contributed by atoms with Gasteiger partial charge in [-0.25, -0.2) is 4.98 Å². The molecular formula is C12H11NO2. The van der Waals surface area contributed by atoms with E-state index in [1.54, 1.807) is 13.2 Å². The molecule has 0 unspecified atom stereocenters. The molecule has 1 aromatic heterocycles. The molecule has 0 saturated heterocycles. The number of carbonyl (C=O) groups is 1. The number of hydrogen-bond donors (Lipinski definition) is 0. The second-order valence-electron chi connectivity index (χ2n) is 3.33. The average Bonchev–Trinajstić information content (AvgIpc) is 2.27. The second-order valence-corrected chi connectivity index (χ2v) is 3.33. The Hall–Kier alpha value is -1.90. The van der Waals surface area contributed by atoms with Crippen LogP contribution in [0.4, 0.5) is 0 Å². The molecule has 0 N–H and O–H groups in total. The lowest BCUT2D eigenvalue weighted by atomic mass is 10.1. The maximum absolute atomic E-state index is 10.9. The summed E-state index contributed by atoms with van der Waals surface area (Å²) in [6.45, 7) is 1.86. The molecule has 2 rings (SSSR count). The van der Waals surface area contributed by atoms with Crippen LogP contribution in [0.25, 0.3) is 10.9 Å². The van der Waals surface area contributed by atoms with Crippen LogP contribution in [0.1, 0.15) is 16.1 Å². The van der Waals surface area contributed by atoms with Gasteiger partial charge in [-0.15, -0.1) is 0 Å². The number of benzene rings is 1. The first-order valence-electron chi connectivity index (χ1n) is 4.66. The van der Waals surface area contributed by atoms with E-state index in [2.05, 4.69) is 4.98 Å². The Morgan fingerprint density at radius 1 is 1.40 bits per heavy atom. The lowest BCUT2D eigenvalue weighted by Crippen LogP contribution is -1.93.